The fourth-order valence-corrected chi connectivity index (χ4v) is 2.06. The average molecular weight is 253 g/mol. The Morgan fingerprint density at radius 1 is 1.38 bits per heavy atom. The predicted molar refractivity (Wildman–Crippen MR) is 77.7 cm³/mol. The zero-order valence-electron chi connectivity index (χ0n) is 9.33. The molecule has 0 radical (unpaired) electrons. The summed E-state index contributed by atoms with van der Waals surface area (Å²) >= 11 is 0. The normalized spacial score (nSPS) is 11.2. The van der Waals surface area contributed by atoms with Crippen LogP contribution in [0.3, 0.4) is 0 Å². The van der Waals surface area contributed by atoms with Gasteiger partial charge in [0.05, 0.1) is 0 Å². The van der Waals surface area contributed by atoms with E-state index < -0.39 is 0 Å². The molecule has 2 aromatic rings. The number of aromatic amines is 1. The smallest absolute Gasteiger partial charge is 0.0477 e. The highest BCUT2D eigenvalue weighted by Gasteiger charge is 2.04. The molecule has 0 bridgehead atoms. The van der Waals surface area contributed by atoms with Gasteiger partial charge in [0.25, 0.3) is 0 Å². The summed E-state index contributed by atoms with van der Waals surface area (Å²) in [7, 11) is 7.24. The first kappa shape index (κ1) is 11.9. The maximum absolute atomic E-state index is 3.31. The highest BCUT2D eigenvalue weighted by molar-refractivity contribution is 7.30. The molecule has 0 aliphatic rings. The minimum atomic E-state index is 1.01. The number of nitrogens with one attached hydrogen (secondary N) is 2. The molecule has 0 aliphatic carbocycles. The van der Waals surface area contributed by atoms with E-state index in [1.807, 2.05) is 11.5 Å². The topological polar surface area (TPSA) is 31.1 Å². The van der Waals surface area contributed by atoms with Gasteiger partial charge in [-0.25, -0.2) is 0 Å². The molecule has 0 fully saturated rings. The highest BCUT2D eigenvalue weighted by atomic mass is 31.1. The van der Waals surface area contributed by atoms with Gasteiger partial charge in [-0.05, 0) is 24.1 Å². The zero-order valence-corrected chi connectivity index (χ0v) is 11.6. The van der Waals surface area contributed by atoms with Crippen molar-refractivity contribution in [1.29, 1.82) is 0 Å². The molecule has 0 saturated heterocycles. The van der Waals surface area contributed by atoms with Crippen LogP contribution < -0.4 is 5.32 Å². The summed E-state index contributed by atoms with van der Waals surface area (Å²) in [5.74, 6) is 0. The van der Waals surface area contributed by atoms with Crippen LogP contribution in [0.5, 0.6) is 0 Å². The average Bonchev–Trinajstić information content (AvgIpc) is 2.68. The van der Waals surface area contributed by atoms with Crippen LogP contribution in [0.2, 0.25) is 0 Å². The van der Waals surface area contributed by atoms with Gasteiger partial charge in [0.2, 0.25) is 0 Å². The molecule has 0 aliphatic heterocycles. The standard InChI is InChI=1S/C11H17N3P2/c1-12-9-2-3-10-8(4-5-14(15)16)7-13-11(10)6-9/h2-3,6-7,12-13H,4-5,15-16H2,1H3. The Bertz CT molecular complexity index is 479. The van der Waals surface area contributed by atoms with Crippen LogP contribution in [-0.4, -0.2) is 23.0 Å². The summed E-state index contributed by atoms with van der Waals surface area (Å²) in [4.78, 5) is 3.31. The number of H-pyrrole nitrogens is 1. The lowest BCUT2D eigenvalue weighted by atomic mass is 10.1. The minimum Gasteiger partial charge on any atom is -0.388 e. The van der Waals surface area contributed by atoms with Crippen LogP contribution in [0.4, 0.5) is 5.69 Å². The Morgan fingerprint density at radius 2 is 2.19 bits per heavy atom. The molecule has 2 rings (SSSR count). The third-order valence-corrected chi connectivity index (χ3v) is 3.21. The van der Waals surface area contributed by atoms with E-state index in [0.717, 1.165) is 18.7 Å². The fourth-order valence-electron chi connectivity index (χ4n) is 1.80. The summed E-state index contributed by atoms with van der Waals surface area (Å²) in [6.07, 6.45) is 3.15. The highest BCUT2D eigenvalue weighted by Crippen LogP contribution is 2.23. The van der Waals surface area contributed by atoms with Crippen molar-refractivity contribution in [3.8, 4) is 0 Å². The summed E-state index contributed by atoms with van der Waals surface area (Å²) < 4.78 is 2.04. The molecule has 2 N–H and O–H groups in total. The number of nitrogens with zero attached hydrogens (tertiary/aromatic N) is 1. The third-order valence-electron chi connectivity index (χ3n) is 2.70. The first-order valence-corrected chi connectivity index (χ1v) is 6.28. The van der Waals surface area contributed by atoms with E-state index in [1.165, 1.54) is 16.5 Å². The third kappa shape index (κ3) is 2.55. The number of aromatic nitrogens is 1. The number of hydrogen-bond donors (Lipinski definition) is 2. The molecule has 2 unspecified atom stereocenters. The second-order valence-corrected chi connectivity index (χ2v) is 5.73. The van der Waals surface area contributed by atoms with Crippen molar-refractivity contribution in [1.82, 2.24) is 9.42 Å². The quantitative estimate of drug-likeness (QED) is 0.821. The van der Waals surface area contributed by atoms with Crippen molar-refractivity contribution in [2.45, 2.75) is 6.42 Å². The van der Waals surface area contributed by atoms with E-state index in [4.69, 9.17) is 0 Å². The van der Waals surface area contributed by atoms with Crippen LogP contribution in [0, 0.1) is 0 Å². The molecule has 1 heterocycles. The van der Waals surface area contributed by atoms with Crippen molar-refractivity contribution in [2.75, 3.05) is 18.9 Å². The van der Waals surface area contributed by atoms with Crippen molar-refractivity contribution in [3.63, 3.8) is 0 Å². The van der Waals surface area contributed by atoms with Crippen LogP contribution in [0.1, 0.15) is 5.56 Å². The Kier molecular flexibility index (Phi) is 3.81. The molecule has 1 aromatic heterocycles. The lowest BCUT2D eigenvalue weighted by Gasteiger charge is -2.07. The summed E-state index contributed by atoms with van der Waals surface area (Å²) in [6, 6.07) is 6.42. The number of benzene rings is 1. The van der Waals surface area contributed by atoms with Gasteiger partial charge in [-0.1, -0.05) is 24.8 Å². The van der Waals surface area contributed by atoms with E-state index >= 15 is 0 Å². The van der Waals surface area contributed by atoms with E-state index in [1.54, 1.807) is 0 Å². The lowest BCUT2D eigenvalue weighted by Crippen LogP contribution is -2.01. The molecule has 2 atom stereocenters. The molecule has 0 amide bonds. The van der Waals surface area contributed by atoms with Crippen LogP contribution in [-0.2, 0) is 6.42 Å². The van der Waals surface area contributed by atoms with Crippen molar-refractivity contribution in [2.24, 2.45) is 0 Å². The van der Waals surface area contributed by atoms with Gasteiger partial charge in [0.1, 0.15) is 0 Å². The Balaban J connectivity index is 2.27. The van der Waals surface area contributed by atoms with Gasteiger partial charge in [-0.3, -0.25) is 4.44 Å². The number of hydrogen-bond acceptors (Lipinski definition) is 2. The molecule has 86 valence electrons. The monoisotopic (exact) mass is 253 g/mol. The molecular weight excluding hydrogens is 236 g/mol. The maximum atomic E-state index is 3.31. The van der Waals surface area contributed by atoms with Crippen molar-refractivity contribution in [3.05, 3.63) is 30.0 Å². The zero-order chi connectivity index (χ0) is 11.5. The molecular formula is C11H17N3P2. The van der Waals surface area contributed by atoms with Gasteiger partial charge in [-0.15, -0.1) is 0 Å². The maximum Gasteiger partial charge on any atom is 0.0477 e. The van der Waals surface area contributed by atoms with Gasteiger partial charge >= 0.3 is 0 Å². The SMILES string of the molecule is CNc1ccc2c(CCN(P)P)c[nH]c2c1. The first-order valence-electron chi connectivity index (χ1n) is 5.25. The fraction of sp³-hybridized carbons (Fsp3) is 0.273. The van der Waals surface area contributed by atoms with E-state index in [2.05, 4.69) is 53.5 Å². The van der Waals surface area contributed by atoms with Gasteiger partial charge in [0, 0.05) is 36.4 Å². The lowest BCUT2D eigenvalue weighted by molar-refractivity contribution is 0.728. The van der Waals surface area contributed by atoms with Crippen LogP contribution >= 0.6 is 18.8 Å². The van der Waals surface area contributed by atoms with E-state index in [0.29, 0.717) is 0 Å². The van der Waals surface area contributed by atoms with E-state index in [-0.39, 0.29) is 0 Å². The van der Waals surface area contributed by atoms with Crippen molar-refractivity contribution >= 4 is 35.4 Å². The Morgan fingerprint density at radius 3 is 2.88 bits per heavy atom. The number of rotatable bonds is 4. The minimum absolute atomic E-state index is 1.01. The summed E-state index contributed by atoms with van der Waals surface area (Å²) in [5.41, 5.74) is 3.70. The molecule has 5 heteroatoms. The van der Waals surface area contributed by atoms with Crippen molar-refractivity contribution < 1.29 is 0 Å². The number of fused-ring (bicyclic) bond motifs is 1. The first-order chi connectivity index (χ1) is 7.70. The van der Waals surface area contributed by atoms with Crippen LogP contribution in [0.25, 0.3) is 10.9 Å². The predicted octanol–water partition coefficient (Wildman–Crippen LogP) is 2.63. The van der Waals surface area contributed by atoms with Gasteiger partial charge in [-0.2, -0.15) is 0 Å². The second-order valence-electron chi connectivity index (χ2n) is 3.81. The Labute approximate surface area is 100 Å². The molecule has 0 spiro atoms. The summed E-state index contributed by atoms with van der Waals surface area (Å²) in [6.45, 7) is 1.01. The molecule has 1 aromatic carbocycles. The van der Waals surface area contributed by atoms with Crippen LogP contribution in [0.15, 0.2) is 24.4 Å². The summed E-state index contributed by atoms with van der Waals surface area (Å²) in [5, 5.41) is 4.46. The van der Waals surface area contributed by atoms with Gasteiger partial charge < -0.3 is 10.3 Å². The number of anilines is 1. The van der Waals surface area contributed by atoms with E-state index in [9.17, 15) is 0 Å². The van der Waals surface area contributed by atoms with Gasteiger partial charge in [0.15, 0.2) is 0 Å². The largest absolute Gasteiger partial charge is 0.388 e. The Hall–Kier alpha value is -0.620. The molecule has 16 heavy (non-hydrogen) atoms. The molecule has 0 saturated carbocycles. The second kappa shape index (κ2) is 5.14. The molecule has 3 nitrogen and oxygen atoms in total.